The lowest BCUT2D eigenvalue weighted by atomic mass is 9.99. The number of fused-ring (bicyclic) bond motifs is 1. The van der Waals surface area contributed by atoms with Crippen LogP contribution in [0.3, 0.4) is 0 Å². The second-order valence-corrected chi connectivity index (χ2v) is 7.21. The first-order valence-electron chi connectivity index (χ1n) is 8.42. The van der Waals surface area contributed by atoms with Crippen molar-refractivity contribution in [3.05, 3.63) is 59.6 Å². The predicted octanol–water partition coefficient (Wildman–Crippen LogP) is 4.46. The van der Waals surface area contributed by atoms with E-state index in [0.717, 1.165) is 19.5 Å². The van der Waals surface area contributed by atoms with Gasteiger partial charge in [0.2, 0.25) is 0 Å². The first-order valence-corrected chi connectivity index (χ1v) is 8.82. The van der Waals surface area contributed by atoms with Crippen molar-refractivity contribution in [1.29, 1.82) is 0 Å². The summed E-state index contributed by atoms with van der Waals surface area (Å²) in [6.45, 7) is 6.44. The van der Waals surface area contributed by atoms with Crippen LogP contribution in [0.15, 0.2) is 42.6 Å². The van der Waals surface area contributed by atoms with Gasteiger partial charge in [0.15, 0.2) is 0 Å². The molecule has 0 fully saturated rings. The molecule has 1 aromatic carbocycles. The van der Waals surface area contributed by atoms with E-state index in [0.29, 0.717) is 0 Å². The highest BCUT2D eigenvalue weighted by Crippen LogP contribution is 2.33. The summed E-state index contributed by atoms with van der Waals surface area (Å²) >= 11 is 4.63. The van der Waals surface area contributed by atoms with Crippen LogP contribution in [-0.4, -0.2) is 33.6 Å². The monoisotopic (exact) mass is 337 g/mol. The van der Waals surface area contributed by atoms with E-state index >= 15 is 0 Å². The van der Waals surface area contributed by atoms with Crippen molar-refractivity contribution in [3.8, 4) is 5.69 Å². The highest BCUT2D eigenvalue weighted by Gasteiger charge is 2.16. The van der Waals surface area contributed by atoms with E-state index < -0.39 is 0 Å². The highest BCUT2D eigenvalue weighted by molar-refractivity contribution is 7.78. The molecular formula is C20H23N3S. The summed E-state index contributed by atoms with van der Waals surface area (Å²) in [4.78, 5) is 2.35. The minimum absolute atomic E-state index is 1.02. The van der Waals surface area contributed by atoms with Crippen molar-refractivity contribution >= 4 is 29.3 Å². The number of aromatic nitrogens is 2. The van der Waals surface area contributed by atoms with E-state index in [-0.39, 0.29) is 0 Å². The number of hydrogen-bond acceptors (Lipinski definition) is 2. The van der Waals surface area contributed by atoms with Gasteiger partial charge < -0.3 is 9.47 Å². The maximum atomic E-state index is 4.63. The molecule has 3 aromatic rings. The molecule has 3 nitrogen and oxygen atoms in total. The minimum atomic E-state index is 1.02. The molecule has 0 saturated heterocycles. The van der Waals surface area contributed by atoms with Gasteiger partial charge in [-0.2, -0.15) is 0 Å². The zero-order valence-corrected chi connectivity index (χ0v) is 15.3. The molecule has 1 aliphatic rings. The van der Waals surface area contributed by atoms with Crippen LogP contribution in [0, 0.1) is 13.8 Å². The average Bonchev–Trinajstić information content (AvgIpc) is 3.08. The molecule has 0 saturated carbocycles. The number of aryl methyl sites for hydroxylation is 2. The molecule has 24 heavy (non-hydrogen) atoms. The Morgan fingerprint density at radius 1 is 1.04 bits per heavy atom. The molecule has 0 unspecified atom stereocenters. The number of rotatable bonds is 2. The SMILES string of the molecule is Cc1ccc(C)n1-c1ccc2c(c1)c(C1=CCN(C)CC1)cn2S. The Hall–Kier alpha value is -1.91. The molecule has 2 aromatic heterocycles. The Morgan fingerprint density at radius 3 is 2.46 bits per heavy atom. The van der Waals surface area contributed by atoms with E-state index in [1.54, 1.807) is 0 Å². The van der Waals surface area contributed by atoms with Gasteiger partial charge in [-0.25, -0.2) is 0 Å². The van der Waals surface area contributed by atoms with Gasteiger partial charge in [0, 0.05) is 47.3 Å². The minimum Gasteiger partial charge on any atom is -0.318 e. The summed E-state index contributed by atoms with van der Waals surface area (Å²) in [6.07, 6.45) is 5.60. The standard InChI is InChI=1S/C20H23N3S/c1-14-4-5-15(2)23(14)17-6-7-20-18(12-17)19(13-22(20)24)16-8-10-21(3)11-9-16/h4-8,12-13,24H,9-11H2,1-3H3. The summed E-state index contributed by atoms with van der Waals surface area (Å²) in [5.41, 5.74) is 7.66. The van der Waals surface area contributed by atoms with E-state index in [4.69, 9.17) is 0 Å². The van der Waals surface area contributed by atoms with Gasteiger partial charge in [-0.1, -0.05) is 18.9 Å². The Bertz CT molecular complexity index is 926. The van der Waals surface area contributed by atoms with Crippen LogP contribution in [-0.2, 0) is 0 Å². The Morgan fingerprint density at radius 2 is 1.79 bits per heavy atom. The maximum absolute atomic E-state index is 4.63. The third-order valence-electron chi connectivity index (χ3n) is 5.06. The van der Waals surface area contributed by atoms with Gasteiger partial charge in [-0.3, -0.25) is 3.97 Å². The van der Waals surface area contributed by atoms with Gasteiger partial charge in [0.1, 0.15) is 0 Å². The van der Waals surface area contributed by atoms with E-state index in [2.05, 4.69) is 85.8 Å². The Labute approximate surface area is 148 Å². The lowest BCUT2D eigenvalue weighted by Crippen LogP contribution is -2.23. The summed E-state index contributed by atoms with van der Waals surface area (Å²) in [6, 6.07) is 11.0. The van der Waals surface area contributed by atoms with Crippen molar-refractivity contribution in [2.45, 2.75) is 20.3 Å². The molecule has 0 atom stereocenters. The fourth-order valence-electron chi connectivity index (χ4n) is 3.69. The molecule has 0 spiro atoms. The first-order chi connectivity index (χ1) is 11.5. The molecule has 124 valence electrons. The van der Waals surface area contributed by atoms with Crippen LogP contribution in [0.1, 0.15) is 23.4 Å². The van der Waals surface area contributed by atoms with E-state index in [9.17, 15) is 0 Å². The number of likely N-dealkylation sites (N-methyl/N-ethyl adjacent to an activating group) is 1. The number of nitrogens with zero attached hydrogens (tertiary/aromatic N) is 3. The normalized spacial score (nSPS) is 15.9. The van der Waals surface area contributed by atoms with Gasteiger partial charge in [-0.05, 0) is 63.2 Å². The molecule has 3 heterocycles. The molecule has 0 bridgehead atoms. The molecule has 0 aliphatic carbocycles. The van der Waals surface area contributed by atoms with Gasteiger partial charge >= 0.3 is 0 Å². The smallest absolute Gasteiger partial charge is 0.0596 e. The molecular weight excluding hydrogens is 314 g/mol. The first kappa shape index (κ1) is 15.6. The van der Waals surface area contributed by atoms with Crippen molar-refractivity contribution < 1.29 is 0 Å². The summed E-state index contributed by atoms with van der Waals surface area (Å²) in [7, 11) is 2.17. The van der Waals surface area contributed by atoms with Gasteiger partial charge in [0.05, 0.1) is 5.52 Å². The third kappa shape index (κ3) is 2.50. The molecule has 0 N–H and O–H groups in total. The van der Waals surface area contributed by atoms with Crippen molar-refractivity contribution in [1.82, 2.24) is 13.4 Å². The summed E-state index contributed by atoms with van der Waals surface area (Å²) in [5, 5.41) is 1.28. The lowest BCUT2D eigenvalue weighted by Gasteiger charge is -2.21. The van der Waals surface area contributed by atoms with Crippen LogP contribution in [0.4, 0.5) is 0 Å². The maximum Gasteiger partial charge on any atom is 0.0596 e. The summed E-state index contributed by atoms with van der Waals surface area (Å²) in [5.74, 6) is 0. The molecule has 4 heteroatoms. The van der Waals surface area contributed by atoms with Crippen LogP contribution in [0.5, 0.6) is 0 Å². The number of thiol groups is 1. The number of benzene rings is 1. The molecule has 0 radical (unpaired) electrons. The largest absolute Gasteiger partial charge is 0.318 e. The number of hydrogen-bond donors (Lipinski definition) is 1. The van der Waals surface area contributed by atoms with Crippen molar-refractivity contribution in [2.24, 2.45) is 0 Å². The average molecular weight is 337 g/mol. The molecule has 1 aliphatic heterocycles. The Kier molecular flexibility index (Phi) is 3.82. The van der Waals surface area contributed by atoms with E-state index in [1.165, 1.54) is 39.1 Å². The lowest BCUT2D eigenvalue weighted by molar-refractivity contribution is 0.370. The molecule has 4 rings (SSSR count). The van der Waals surface area contributed by atoms with Crippen LogP contribution in [0.25, 0.3) is 22.2 Å². The zero-order chi connectivity index (χ0) is 16.8. The third-order valence-corrected chi connectivity index (χ3v) is 5.39. The Balaban J connectivity index is 1.89. The second-order valence-electron chi connectivity index (χ2n) is 6.78. The van der Waals surface area contributed by atoms with Gasteiger partial charge in [-0.15, -0.1) is 0 Å². The van der Waals surface area contributed by atoms with Crippen LogP contribution < -0.4 is 0 Å². The fourth-order valence-corrected chi connectivity index (χ4v) is 3.98. The van der Waals surface area contributed by atoms with Crippen LogP contribution in [0.2, 0.25) is 0 Å². The molecule has 0 amide bonds. The zero-order valence-electron chi connectivity index (χ0n) is 14.5. The highest BCUT2D eigenvalue weighted by atomic mass is 32.1. The fraction of sp³-hybridized carbons (Fsp3) is 0.300. The predicted molar refractivity (Wildman–Crippen MR) is 105 cm³/mol. The van der Waals surface area contributed by atoms with Crippen molar-refractivity contribution in [2.75, 3.05) is 20.1 Å². The van der Waals surface area contributed by atoms with Crippen molar-refractivity contribution in [3.63, 3.8) is 0 Å². The summed E-state index contributed by atoms with van der Waals surface area (Å²) < 4.78 is 4.26. The second kappa shape index (κ2) is 5.87. The van der Waals surface area contributed by atoms with Gasteiger partial charge in [0.25, 0.3) is 0 Å². The quantitative estimate of drug-likeness (QED) is 0.681. The topological polar surface area (TPSA) is 13.1 Å². The van der Waals surface area contributed by atoms with E-state index in [1.807, 2.05) is 3.97 Å². The van der Waals surface area contributed by atoms with Crippen LogP contribution >= 0.6 is 12.8 Å².